The fraction of sp³-hybridized carbons (Fsp3) is 0.286. The highest BCUT2D eigenvalue weighted by Gasteiger charge is 2.38. The van der Waals surface area contributed by atoms with E-state index in [4.69, 9.17) is 4.42 Å². The smallest absolute Gasteiger partial charge is 0.333 e. The Kier molecular flexibility index (Phi) is 4.19. The number of fused-ring (bicyclic) bond motifs is 2. The molecule has 0 spiro atoms. The van der Waals surface area contributed by atoms with Gasteiger partial charge >= 0.3 is 6.55 Å². The van der Waals surface area contributed by atoms with Gasteiger partial charge in [0, 0.05) is 30.2 Å². The largest absolute Gasteiger partial charge is 0.458 e. The zero-order valence-electron chi connectivity index (χ0n) is 16.4. The molecule has 0 radical (unpaired) electrons. The lowest BCUT2D eigenvalue weighted by Gasteiger charge is -2.33. The summed E-state index contributed by atoms with van der Waals surface area (Å²) in [5, 5.41) is 4.55. The van der Waals surface area contributed by atoms with E-state index in [0.29, 0.717) is 29.1 Å². The van der Waals surface area contributed by atoms with Gasteiger partial charge in [-0.15, -0.1) is 0 Å². The monoisotopic (exact) mass is 411 g/mol. The number of nitrogens with one attached hydrogen (secondary N) is 1. The topological polar surface area (TPSA) is 80.0 Å². The molecule has 1 aromatic carbocycles. The van der Waals surface area contributed by atoms with Crippen LogP contribution < -0.4 is 0 Å². The van der Waals surface area contributed by atoms with E-state index < -0.39 is 18.5 Å². The van der Waals surface area contributed by atoms with E-state index >= 15 is 0 Å². The first-order chi connectivity index (χ1) is 14.5. The van der Waals surface area contributed by atoms with Gasteiger partial charge in [0.2, 0.25) is 0 Å². The summed E-state index contributed by atoms with van der Waals surface area (Å²) in [6.45, 7) is 1.38. The Bertz CT molecular complexity index is 1220. The van der Waals surface area contributed by atoms with E-state index in [0.717, 1.165) is 27.8 Å². The Balaban J connectivity index is 1.65. The number of halogens is 2. The lowest BCUT2D eigenvalue weighted by Crippen LogP contribution is -2.41. The number of hydrogen-bond acceptors (Lipinski definition) is 4. The van der Waals surface area contributed by atoms with Crippen molar-refractivity contribution in [3.8, 4) is 0 Å². The van der Waals surface area contributed by atoms with Crippen molar-refractivity contribution < 1.29 is 18.0 Å². The number of imidazole rings is 1. The number of carbonyl (C=O) groups is 1. The van der Waals surface area contributed by atoms with Gasteiger partial charge < -0.3 is 14.3 Å². The highest BCUT2D eigenvalue weighted by atomic mass is 19.3. The number of H-pyrrole nitrogens is 1. The molecule has 30 heavy (non-hydrogen) atoms. The molecule has 0 aliphatic carbocycles. The summed E-state index contributed by atoms with van der Waals surface area (Å²) in [6, 6.07) is 6.59. The van der Waals surface area contributed by atoms with Crippen LogP contribution in [-0.2, 0) is 6.42 Å². The Hall–Kier alpha value is -3.49. The number of aromatic nitrogens is 4. The second-order valence-corrected chi connectivity index (χ2v) is 7.45. The maximum absolute atomic E-state index is 13.3. The van der Waals surface area contributed by atoms with Crippen molar-refractivity contribution in [2.24, 2.45) is 0 Å². The van der Waals surface area contributed by atoms with Crippen LogP contribution in [0.2, 0.25) is 0 Å². The second kappa shape index (κ2) is 6.79. The van der Waals surface area contributed by atoms with E-state index in [1.807, 2.05) is 32.0 Å². The number of nitrogens with zero attached hydrogens (tertiary/aromatic N) is 4. The van der Waals surface area contributed by atoms with Crippen LogP contribution in [0.5, 0.6) is 0 Å². The number of carbonyl (C=O) groups excluding carboxylic acids is 1. The van der Waals surface area contributed by atoms with Gasteiger partial charge in [-0.05, 0) is 37.1 Å². The normalized spacial score (nSPS) is 16.4. The molecule has 3 aromatic heterocycles. The number of aromatic amines is 1. The Morgan fingerprint density at radius 2 is 2.07 bits per heavy atom. The Morgan fingerprint density at radius 1 is 1.27 bits per heavy atom. The molecular formula is C21H19F2N5O2. The minimum atomic E-state index is -2.90. The number of rotatable bonds is 3. The molecule has 4 heterocycles. The van der Waals surface area contributed by atoms with Crippen molar-refractivity contribution in [2.45, 2.75) is 32.9 Å². The molecule has 1 amide bonds. The molecule has 0 saturated heterocycles. The van der Waals surface area contributed by atoms with Crippen molar-refractivity contribution in [3.05, 3.63) is 70.8 Å². The lowest BCUT2D eigenvalue weighted by molar-refractivity contribution is 0.0436. The standard InChI is InChI=1S/C21H19F2N5O2/c1-11-3-4-12(2)19-13(11)9-16(30-19)18-17-14(24-10-25-17)6-8-27(18)20(29)15-5-7-26-28(15)21(22)23/h3-5,7,9-10,18,21H,6,8H2,1-2H3,(H,24,25)/t18-/m1/s1. The SMILES string of the molecule is Cc1ccc(C)c2oc([C@@H]3c4nc[nH]c4CCN3C(=O)c3ccnn3C(F)F)cc12. The minimum absolute atomic E-state index is 0.169. The predicted octanol–water partition coefficient (Wildman–Crippen LogP) is 4.15. The molecule has 4 aromatic rings. The third-order valence-electron chi connectivity index (χ3n) is 5.65. The van der Waals surface area contributed by atoms with Gasteiger partial charge in [0.05, 0.1) is 12.0 Å². The summed E-state index contributed by atoms with van der Waals surface area (Å²) in [4.78, 5) is 22.4. The van der Waals surface area contributed by atoms with Crippen LogP contribution in [0.1, 0.15) is 51.4 Å². The maximum atomic E-state index is 13.3. The van der Waals surface area contributed by atoms with Crippen LogP contribution in [0.25, 0.3) is 11.0 Å². The van der Waals surface area contributed by atoms with E-state index in [2.05, 4.69) is 15.1 Å². The fourth-order valence-corrected chi connectivity index (χ4v) is 4.12. The molecule has 0 saturated carbocycles. The van der Waals surface area contributed by atoms with Gasteiger partial charge in [0.15, 0.2) is 0 Å². The molecule has 0 bridgehead atoms. The van der Waals surface area contributed by atoms with Gasteiger partial charge in [-0.2, -0.15) is 18.6 Å². The van der Waals surface area contributed by atoms with Crippen LogP contribution in [0.4, 0.5) is 8.78 Å². The van der Waals surface area contributed by atoms with Gasteiger partial charge in [-0.1, -0.05) is 12.1 Å². The third-order valence-corrected chi connectivity index (χ3v) is 5.65. The highest BCUT2D eigenvalue weighted by Crippen LogP contribution is 2.38. The first-order valence-corrected chi connectivity index (χ1v) is 9.60. The van der Waals surface area contributed by atoms with Crippen LogP contribution in [0.15, 0.2) is 41.2 Å². The molecule has 7 nitrogen and oxygen atoms in total. The molecule has 154 valence electrons. The summed E-state index contributed by atoms with van der Waals surface area (Å²) in [5.41, 5.74) is 4.17. The molecule has 0 unspecified atom stereocenters. The number of amides is 1. The van der Waals surface area contributed by atoms with Gasteiger partial charge in [-0.3, -0.25) is 4.79 Å². The average molecular weight is 411 g/mol. The van der Waals surface area contributed by atoms with E-state index in [9.17, 15) is 13.6 Å². The van der Waals surface area contributed by atoms with Crippen LogP contribution in [-0.4, -0.2) is 37.1 Å². The summed E-state index contributed by atoms with van der Waals surface area (Å²) in [7, 11) is 0. The Labute approximate surface area is 170 Å². The Morgan fingerprint density at radius 3 is 2.83 bits per heavy atom. The third kappa shape index (κ3) is 2.72. The number of furan rings is 1. The number of alkyl halides is 2. The summed E-state index contributed by atoms with van der Waals surface area (Å²) < 4.78 is 33.3. The summed E-state index contributed by atoms with van der Waals surface area (Å²) >= 11 is 0. The van der Waals surface area contributed by atoms with Gasteiger partial charge in [0.25, 0.3) is 5.91 Å². The first kappa shape index (κ1) is 18.5. The quantitative estimate of drug-likeness (QED) is 0.549. The number of aryl methyl sites for hydroxylation is 2. The van der Waals surface area contributed by atoms with E-state index in [1.165, 1.54) is 17.2 Å². The van der Waals surface area contributed by atoms with Crippen LogP contribution in [0.3, 0.4) is 0 Å². The average Bonchev–Trinajstić information content (AvgIpc) is 3.48. The fourth-order valence-electron chi connectivity index (χ4n) is 4.12. The molecular weight excluding hydrogens is 392 g/mol. The van der Waals surface area contributed by atoms with Gasteiger partial charge in [0.1, 0.15) is 23.1 Å². The van der Waals surface area contributed by atoms with Crippen molar-refractivity contribution in [2.75, 3.05) is 6.54 Å². The maximum Gasteiger partial charge on any atom is 0.333 e. The van der Waals surface area contributed by atoms with Crippen molar-refractivity contribution >= 4 is 16.9 Å². The first-order valence-electron chi connectivity index (χ1n) is 9.60. The highest BCUT2D eigenvalue weighted by molar-refractivity contribution is 5.93. The zero-order valence-corrected chi connectivity index (χ0v) is 16.4. The van der Waals surface area contributed by atoms with Crippen LogP contribution >= 0.6 is 0 Å². The van der Waals surface area contributed by atoms with Crippen molar-refractivity contribution in [3.63, 3.8) is 0 Å². The molecule has 0 fully saturated rings. The minimum Gasteiger partial charge on any atom is -0.458 e. The molecule has 1 atom stereocenters. The summed E-state index contributed by atoms with van der Waals surface area (Å²) in [5.74, 6) is 0.00672. The number of hydrogen-bond donors (Lipinski definition) is 1. The molecule has 1 aliphatic heterocycles. The number of benzene rings is 1. The molecule has 5 rings (SSSR count). The summed E-state index contributed by atoms with van der Waals surface area (Å²) in [6.07, 6.45) is 3.32. The van der Waals surface area contributed by atoms with E-state index in [1.54, 1.807) is 6.33 Å². The van der Waals surface area contributed by atoms with Crippen molar-refractivity contribution in [1.82, 2.24) is 24.6 Å². The van der Waals surface area contributed by atoms with Crippen molar-refractivity contribution in [1.29, 1.82) is 0 Å². The molecule has 9 heteroatoms. The predicted molar refractivity (Wildman–Crippen MR) is 104 cm³/mol. The van der Waals surface area contributed by atoms with E-state index in [-0.39, 0.29) is 5.69 Å². The molecule has 1 N–H and O–H groups in total. The second-order valence-electron chi connectivity index (χ2n) is 7.45. The zero-order chi connectivity index (χ0) is 21.0. The van der Waals surface area contributed by atoms with Crippen LogP contribution in [0, 0.1) is 13.8 Å². The van der Waals surface area contributed by atoms with Gasteiger partial charge in [-0.25, -0.2) is 4.98 Å². The lowest BCUT2D eigenvalue weighted by atomic mass is 9.99. The molecule has 1 aliphatic rings.